The number of fused-ring (bicyclic) bond motifs is 1. The van der Waals surface area contributed by atoms with Crippen LogP contribution < -0.4 is 5.32 Å². The number of aromatic nitrogens is 2. The Hall–Kier alpha value is -2.91. The molecule has 9 heteroatoms. The maximum atomic E-state index is 12.4. The summed E-state index contributed by atoms with van der Waals surface area (Å²) in [6.07, 6.45) is 0.209. The van der Waals surface area contributed by atoms with Crippen molar-refractivity contribution in [2.45, 2.75) is 13.0 Å². The van der Waals surface area contributed by atoms with Gasteiger partial charge in [0.2, 0.25) is 11.0 Å². The Labute approximate surface area is 172 Å². The molecule has 3 amide bonds. The van der Waals surface area contributed by atoms with Crippen LogP contribution in [0, 0.1) is 0 Å². The van der Waals surface area contributed by atoms with Gasteiger partial charge in [0, 0.05) is 4.47 Å². The molecule has 7 nitrogen and oxygen atoms in total. The van der Waals surface area contributed by atoms with Crippen LogP contribution in [0.25, 0.3) is 0 Å². The average Bonchev–Trinajstić information content (AvgIpc) is 3.22. The topological polar surface area (TPSA) is 92.3 Å². The number of hydrogen-bond donors (Lipinski definition) is 1. The zero-order valence-electron chi connectivity index (χ0n) is 14.4. The van der Waals surface area contributed by atoms with Gasteiger partial charge in [0.1, 0.15) is 5.01 Å². The van der Waals surface area contributed by atoms with E-state index in [0.717, 1.165) is 26.3 Å². The molecule has 0 radical (unpaired) electrons. The monoisotopic (exact) mass is 456 g/mol. The highest BCUT2D eigenvalue weighted by atomic mass is 79.9. The van der Waals surface area contributed by atoms with Gasteiger partial charge in [-0.05, 0) is 29.8 Å². The van der Waals surface area contributed by atoms with Crippen LogP contribution in [-0.4, -0.2) is 32.8 Å². The molecule has 0 saturated carbocycles. The van der Waals surface area contributed by atoms with Gasteiger partial charge in [-0.1, -0.05) is 51.5 Å². The third-order valence-corrected chi connectivity index (χ3v) is 5.51. The van der Waals surface area contributed by atoms with Crippen LogP contribution in [0.15, 0.2) is 53.0 Å². The predicted octanol–water partition coefficient (Wildman–Crippen LogP) is 3.28. The molecule has 4 rings (SSSR count). The first-order valence-corrected chi connectivity index (χ1v) is 9.94. The molecule has 28 heavy (non-hydrogen) atoms. The number of carbonyl (C=O) groups excluding carboxylic acids is 3. The SMILES string of the molecule is O=C(Cc1ccc(Br)cc1)Nc1nnc(CN2C(=O)c3ccccc3C2=O)s1. The number of nitrogens with one attached hydrogen (secondary N) is 1. The quantitative estimate of drug-likeness (QED) is 0.594. The van der Waals surface area contributed by atoms with Crippen LogP contribution in [0.5, 0.6) is 0 Å². The van der Waals surface area contributed by atoms with Crippen LogP contribution in [0.3, 0.4) is 0 Å². The van der Waals surface area contributed by atoms with E-state index in [1.54, 1.807) is 24.3 Å². The van der Waals surface area contributed by atoms with Crippen molar-refractivity contribution in [2.75, 3.05) is 5.32 Å². The summed E-state index contributed by atoms with van der Waals surface area (Å²) in [5.41, 5.74) is 1.65. The summed E-state index contributed by atoms with van der Waals surface area (Å²) in [5, 5.41) is 11.4. The van der Waals surface area contributed by atoms with E-state index in [4.69, 9.17) is 0 Å². The molecule has 0 fully saturated rings. The number of hydrogen-bond acceptors (Lipinski definition) is 6. The standard InChI is InChI=1S/C19H13BrN4O3S/c20-12-7-5-11(6-8-12)9-15(25)21-19-23-22-16(28-19)10-24-17(26)13-3-1-2-4-14(13)18(24)27/h1-8H,9-10H2,(H,21,23,25). The molecule has 0 spiro atoms. The molecule has 2 heterocycles. The van der Waals surface area contributed by atoms with E-state index >= 15 is 0 Å². The molecule has 140 valence electrons. The third-order valence-electron chi connectivity index (χ3n) is 4.16. The molecule has 0 unspecified atom stereocenters. The number of anilines is 1. The zero-order chi connectivity index (χ0) is 19.7. The Balaban J connectivity index is 1.40. The molecule has 0 saturated heterocycles. The van der Waals surface area contributed by atoms with Gasteiger partial charge in [0.15, 0.2) is 0 Å². The molecular formula is C19H13BrN4O3S. The molecule has 1 aromatic heterocycles. The van der Waals surface area contributed by atoms with E-state index in [0.29, 0.717) is 21.3 Å². The number of imide groups is 1. The van der Waals surface area contributed by atoms with Gasteiger partial charge in [0.25, 0.3) is 11.8 Å². The summed E-state index contributed by atoms with van der Waals surface area (Å²) >= 11 is 4.49. The average molecular weight is 457 g/mol. The molecule has 0 aliphatic carbocycles. The highest BCUT2D eigenvalue weighted by Gasteiger charge is 2.35. The second-order valence-electron chi connectivity index (χ2n) is 6.09. The van der Waals surface area contributed by atoms with Crippen molar-refractivity contribution in [3.8, 4) is 0 Å². The second-order valence-corrected chi connectivity index (χ2v) is 8.07. The molecule has 2 aromatic carbocycles. The van der Waals surface area contributed by atoms with E-state index in [1.165, 1.54) is 0 Å². The van der Waals surface area contributed by atoms with Crippen LogP contribution in [0.4, 0.5) is 5.13 Å². The number of rotatable bonds is 5. The highest BCUT2D eigenvalue weighted by Crippen LogP contribution is 2.26. The summed E-state index contributed by atoms with van der Waals surface area (Å²) in [7, 11) is 0. The lowest BCUT2D eigenvalue weighted by Crippen LogP contribution is -2.29. The number of amides is 3. The predicted molar refractivity (Wildman–Crippen MR) is 107 cm³/mol. The van der Waals surface area contributed by atoms with Gasteiger partial charge in [-0.3, -0.25) is 19.3 Å². The van der Waals surface area contributed by atoms with Gasteiger partial charge in [0.05, 0.1) is 24.1 Å². The Kier molecular flexibility index (Phi) is 5.01. The fourth-order valence-electron chi connectivity index (χ4n) is 2.84. The van der Waals surface area contributed by atoms with Gasteiger partial charge in [-0.15, -0.1) is 10.2 Å². The smallest absolute Gasteiger partial charge is 0.261 e. The Bertz CT molecular complexity index is 1050. The molecule has 1 aliphatic heterocycles. The maximum Gasteiger partial charge on any atom is 0.261 e. The largest absolute Gasteiger partial charge is 0.300 e. The molecule has 1 N–H and O–H groups in total. The Morgan fingerprint density at radius 3 is 2.29 bits per heavy atom. The second kappa shape index (κ2) is 7.61. The van der Waals surface area contributed by atoms with E-state index < -0.39 is 0 Å². The summed E-state index contributed by atoms with van der Waals surface area (Å²) in [4.78, 5) is 38.1. The van der Waals surface area contributed by atoms with Crippen LogP contribution in [-0.2, 0) is 17.8 Å². The minimum Gasteiger partial charge on any atom is -0.300 e. The lowest BCUT2D eigenvalue weighted by Gasteiger charge is -2.10. The minimum atomic E-state index is -0.350. The summed E-state index contributed by atoms with van der Waals surface area (Å²) in [6, 6.07) is 14.2. The number of nitrogens with zero attached hydrogens (tertiary/aromatic N) is 3. The van der Waals surface area contributed by atoms with E-state index in [1.807, 2.05) is 24.3 Å². The van der Waals surface area contributed by atoms with Gasteiger partial charge in [-0.25, -0.2) is 0 Å². The highest BCUT2D eigenvalue weighted by molar-refractivity contribution is 9.10. The van der Waals surface area contributed by atoms with E-state index in [-0.39, 0.29) is 30.7 Å². The molecule has 3 aromatic rings. The molecule has 1 aliphatic rings. The summed E-state index contributed by atoms with van der Waals surface area (Å²) in [6.45, 7) is 0.0204. The van der Waals surface area contributed by atoms with E-state index in [2.05, 4.69) is 31.4 Å². The lowest BCUT2D eigenvalue weighted by atomic mass is 10.1. The van der Waals surface area contributed by atoms with Crippen molar-refractivity contribution in [1.29, 1.82) is 0 Å². The van der Waals surface area contributed by atoms with Gasteiger partial charge >= 0.3 is 0 Å². The first kappa shape index (κ1) is 18.5. The normalized spacial score (nSPS) is 13.0. The fraction of sp³-hybridized carbons (Fsp3) is 0.105. The Morgan fingerprint density at radius 2 is 1.64 bits per heavy atom. The van der Waals surface area contributed by atoms with Crippen molar-refractivity contribution < 1.29 is 14.4 Å². The molecule has 0 atom stereocenters. The van der Waals surface area contributed by atoms with Gasteiger partial charge < -0.3 is 5.32 Å². The van der Waals surface area contributed by atoms with Crippen molar-refractivity contribution >= 4 is 50.1 Å². The lowest BCUT2D eigenvalue weighted by molar-refractivity contribution is -0.115. The first-order valence-electron chi connectivity index (χ1n) is 8.33. The van der Waals surface area contributed by atoms with Gasteiger partial charge in [-0.2, -0.15) is 0 Å². The molecular weight excluding hydrogens is 444 g/mol. The third kappa shape index (κ3) is 3.71. The van der Waals surface area contributed by atoms with Crippen LogP contribution >= 0.6 is 27.3 Å². The van der Waals surface area contributed by atoms with Crippen LogP contribution in [0.1, 0.15) is 31.3 Å². The zero-order valence-corrected chi connectivity index (χ0v) is 16.8. The van der Waals surface area contributed by atoms with E-state index in [9.17, 15) is 14.4 Å². The van der Waals surface area contributed by atoms with Crippen molar-refractivity contribution in [2.24, 2.45) is 0 Å². The molecule has 0 bridgehead atoms. The summed E-state index contributed by atoms with van der Waals surface area (Å²) < 4.78 is 0.943. The minimum absolute atomic E-state index is 0.0204. The number of carbonyl (C=O) groups is 3. The van der Waals surface area contributed by atoms with Crippen molar-refractivity contribution in [1.82, 2.24) is 15.1 Å². The van der Waals surface area contributed by atoms with Crippen LogP contribution in [0.2, 0.25) is 0 Å². The summed E-state index contributed by atoms with van der Waals surface area (Å²) in [5.74, 6) is -0.918. The van der Waals surface area contributed by atoms with Crippen molar-refractivity contribution in [3.63, 3.8) is 0 Å². The number of benzene rings is 2. The fourth-order valence-corrected chi connectivity index (χ4v) is 3.85. The first-order chi connectivity index (χ1) is 13.5. The number of halogens is 1. The van der Waals surface area contributed by atoms with Crippen molar-refractivity contribution in [3.05, 3.63) is 74.7 Å². The maximum absolute atomic E-state index is 12.4. The Morgan fingerprint density at radius 1 is 1.00 bits per heavy atom.